The lowest BCUT2D eigenvalue weighted by atomic mass is 9.98. The summed E-state index contributed by atoms with van der Waals surface area (Å²) in [5.74, 6) is -0.548. The number of nitrogens with zero attached hydrogens (tertiary/aromatic N) is 3. The lowest BCUT2D eigenvalue weighted by Crippen LogP contribution is -2.38. The average molecular weight is 340 g/mol. The number of amides is 2. The quantitative estimate of drug-likeness (QED) is 0.881. The second kappa shape index (κ2) is 6.92. The van der Waals surface area contributed by atoms with Crippen LogP contribution in [0.2, 0.25) is 0 Å². The molecule has 0 aromatic carbocycles. The number of rotatable bonds is 5. The molecule has 2 atom stereocenters. The molecule has 1 aliphatic heterocycles. The zero-order valence-electron chi connectivity index (χ0n) is 14.3. The van der Waals surface area contributed by atoms with Crippen molar-refractivity contribution in [2.75, 3.05) is 25.6 Å². The Hall–Kier alpha value is -1.54. The van der Waals surface area contributed by atoms with Gasteiger partial charge in [-0.1, -0.05) is 32.1 Å². The Morgan fingerprint density at radius 1 is 1.48 bits per heavy atom. The Bertz CT molecular complexity index is 582. The second-order valence-electron chi connectivity index (χ2n) is 6.90. The fourth-order valence-corrected chi connectivity index (χ4v) is 3.25. The van der Waals surface area contributed by atoms with E-state index in [2.05, 4.69) is 15.5 Å². The smallest absolute Gasteiger partial charge is 0.231 e. The van der Waals surface area contributed by atoms with E-state index in [-0.39, 0.29) is 35.6 Å². The molecule has 128 valence electrons. The largest absolute Gasteiger partial charge is 0.383 e. The molecule has 7 nitrogen and oxygen atoms in total. The molecule has 0 radical (unpaired) electrons. The molecule has 1 aromatic rings. The normalized spacial score (nSPS) is 20.0. The van der Waals surface area contributed by atoms with Crippen LogP contribution >= 0.6 is 11.3 Å². The van der Waals surface area contributed by atoms with E-state index in [1.165, 1.54) is 11.3 Å². The van der Waals surface area contributed by atoms with Crippen molar-refractivity contribution in [1.29, 1.82) is 0 Å². The lowest BCUT2D eigenvalue weighted by molar-refractivity contribution is -0.130. The first-order chi connectivity index (χ1) is 10.7. The number of hydrogen-bond donors (Lipinski definition) is 1. The molecule has 0 saturated carbocycles. The number of carbonyl (C=O) groups excluding carboxylic acids is 2. The molecular weight excluding hydrogens is 316 g/mol. The third kappa shape index (κ3) is 4.26. The molecule has 0 aliphatic carbocycles. The van der Waals surface area contributed by atoms with Crippen molar-refractivity contribution in [1.82, 2.24) is 15.1 Å². The number of nitrogens with one attached hydrogen (secondary N) is 1. The van der Waals surface area contributed by atoms with E-state index < -0.39 is 0 Å². The maximum atomic E-state index is 12.4. The second-order valence-corrected chi connectivity index (χ2v) is 7.88. The number of likely N-dealkylation sites (tertiary alicyclic amines) is 1. The van der Waals surface area contributed by atoms with Gasteiger partial charge in [-0.15, -0.1) is 10.2 Å². The number of hydrogen-bond acceptors (Lipinski definition) is 6. The Morgan fingerprint density at radius 2 is 2.17 bits per heavy atom. The maximum Gasteiger partial charge on any atom is 0.231 e. The molecule has 2 rings (SSSR count). The minimum Gasteiger partial charge on any atom is -0.383 e. The van der Waals surface area contributed by atoms with Gasteiger partial charge in [-0.2, -0.15) is 0 Å². The highest BCUT2D eigenvalue weighted by Gasteiger charge is 2.37. The van der Waals surface area contributed by atoms with Gasteiger partial charge in [0, 0.05) is 25.5 Å². The Kier molecular flexibility index (Phi) is 5.36. The van der Waals surface area contributed by atoms with Crippen molar-refractivity contribution in [3.63, 3.8) is 0 Å². The average Bonchev–Trinajstić information content (AvgIpc) is 3.05. The maximum absolute atomic E-state index is 12.4. The van der Waals surface area contributed by atoms with Crippen molar-refractivity contribution in [3.05, 3.63) is 5.01 Å². The molecule has 1 aromatic heterocycles. The van der Waals surface area contributed by atoms with Gasteiger partial charge < -0.3 is 15.0 Å². The van der Waals surface area contributed by atoms with Gasteiger partial charge in [-0.3, -0.25) is 9.59 Å². The first kappa shape index (κ1) is 17.8. The number of ether oxygens (including phenoxy) is 1. The Labute approximate surface area is 140 Å². The van der Waals surface area contributed by atoms with Crippen LogP contribution in [0.5, 0.6) is 0 Å². The van der Waals surface area contributed by atoms with Crippen molar-refractivity contribution in [2.45, 2.75) is 45.6 Å². The molecule has 1 aliphatic rings. The summed E-state index contributed by atoms with van der Waals surface area (Å²) in [6.45, 7) is 8.94. The highest BCUT2D eigenvalue weighted by atomic mass is 32.1. The third-order valence-electron chi connectivity index (χ3n) is 3.77. The van der Waals surface area contributed by atoms with Crippen LogP contribution < -0.4 is 5.32 Å². The van der Waals surface area contributed by atoms with Crippen molar-refractivity contribution in [3.8, 4) is 0 Å². The number of aromatic nitrogens is 2. The molecule has 0 bridgehead atoms. The van der Waals surface area contributed by atoms with E-state index >= 15 is 0 Å². The molecule has 1 saturated heterocycles. The summed E-state index contributed by atoms with van der Waals surface area (Å²) in [6, 6.07) is -0.0284. The summed E-state index contributed by atoms with van der Waals surface area (Å²) in [4.78, 5) is 26.1. The van der Waals surface area contributed by atoms with Crippen LogP contribution in [0.15, 0.2) is 0 Å². The predicted molar refractivity (Wildman–Crippen MR) is 88.4 cm³/mol. The van der Waals surface area contributed by atoms with Crippen molar-refractivity contribution >= 4 is 28.3 Å². The topological polar surface area (TPSA) is 84.4 Å². The molecule has 0 unspecified atom stereocenters. The van der Waals surface area contributed by atoms with Crippen LogP contribution in [-0.2, 0) is 19.7 Å². The van der Waals surface area contributed by atoms with Gasteiger partial charge in [0.2, 0.25) is 16.9 Å². The first-order valence-corrected chi connectivity index (χ1v) is 8.47. The monoisotopic (exact) mass is 340 g/mol. The van der Waals surface area contributed by atoms with Gasteiger partial charge in [-0.25, -0.2) is 0 Å². The Balaban J connectivity index is 1.97. The van der Waals surface area contributed by atoms with Gasteiger partial charge in [0.25, 0.3) is 0 Å². The van der Waals surface area contributed by atoms with Crippen molar-refractivity contribution < 1.29 is 14.3 Å². The van der Waals surface area contributed by atoms with Crippen LogP contribution in [0.25, 0.3) is 0 Å². The summed E-state index contributed by atoms with van der Waals surface area (Å²) < 4.78 is 5.08. The summed E-state index contributed by atoms with van der Waals surface area (Å²) in [5.41, 5.74) is -0.101. The van der Waals surface area contributed by atoms with E-state index in [0.717, 1.165) is 5.01 Å². The fraction of sp³-hybridized carbons (Fsp3) is 0.733. The first-order valence-electron chi connectivity index (χ1n) is 7.65. The molecule has 0 spiro atoms. The van der Waals surface area contributed by atoms with Crippen LogP contribution in [0.1, 0.15) is 39.1 Å². The molecule has 1 fully saturated rings. The van der Waals surface area contributed by atoms with Gasteiger partial charge in [0.15, 0.2) is 0 Å². The number of carbonyl (C=O) groups is 2. The lowest BCUT2D eigenvalue weighted by Gasteiger charge is -2.23. The fourth-order valence-electron chi connectivity index (χ4n) is 2.45. The summed E-state index contributed by atoms with van der Waals surface area (Å²) in [7, 11) is 1.60. The highest BCUT2D eigenvalue weighted by molar-refractivity contribution is 7.15. The van der Waals surface area contributed by atoms with E-state index in [1.54, 1.807) is 12.0 Å². The summed E-state index contributed by atoms with van der Waals surface area (Å²) in [5, 5.41) is 12.3. The number of anilines is 1. The molecular formula is C15H24N4O3S. The summed E-state index contributed by atoms with van der Waals surface area (Å²) in [6.07, 6.45) is 0.227. The van der Waals surface area contributed by atoms with Crippen LogP contribution in [0.4, 0.5) is 5.13 Å². The van der Waals surface area contributed by atoms with E-state index in [4.69, 9.17) is 4.74 Å². The van der Waals surface area contributed by atoms with Gasteiger partial charge in [0.1, 0.15) is 5.01 Å². The van der Waals surface area contributed by atoms with Crippen LogP contribution in [0.3, 0.4) is 0 Å². The zero-order valence-corrected chi connectivity index (χ0v) is 15.1. The van der Waals surface area contributed by atoms with Gasteiger partial charge in [-0.05, 0) is 6.92 Å². The van der Waals surface area contributed by atoms with Gasteiger partial charge >= 0.3 is 0 Å². The predicted octanol–water partition coefficient (Wildman–Crippen LogP) is 1.66. The molecule has 2 amide bonds. The minimum absolute atomic E-state index is 0.0117. The zero-order chi connectivity index (χ0) is 17.2. The van der Waals surface area contributed by atoms with Crippen molar-refractivity contribution in [2.24, 2.45) is 5.92 Å². The minimum atomic E-state index is -0.358. The molecule has 23 heavy (non-hydrogen) atoms. The highest BCUT2D eigenvalue weighted by Crippen LogP contribution is 2.28. The van der Waals surface area contributed by atoms with Crippen LogP contribution in [0, 0.1) is 5.92 Å². The van der Waals surface area contributed by atoms with Crippen LogP contribution in [-0.4, -0.2) is 53.2 Å². The SMILES string of the molecule is COC[C@H](C)N1C[C@@H](C(=O)Nc2nnc(C(C)(C)C)s2)CC1=O. The molecule has 1 N–H and O–H groups in total. The molecule has 8 heteroatoms. The third-order valence-corrected chi connectivity index (χ3v) is 5.03. The van der Waals surface area contributed by atoms with E-state index in [9.17, 15) is 9.59 Å². The molecule has 2 heterocycles. The number of methoxy groups -OCH3 is 1. The standard InChI is InChI=1S/C15H24N4O3S/c1-9(8-22-5)19-7-10(6-11(19)20)12(21)16-14-18-17-13(23-14)15(2,3)4/h9-10H,6-8H2,1-5H3,(H,16,18,21)/t9-,10-/m0/s1. The van der Waals surface area contributed by atoms with E-state index in [0.29, 0.717) is 18.3 Å². The van der Waals surface area contributed by atoms with E-state index in [1.807, 2.05) is 27.7 Å². The Morgan fingerprint density at radius 3 is 2.74 bits per heavy atom. The van der Waals surface area contributed by atoms with Gasteiger partial charge in [0.05, 0.1) is 18.6 Å². The summed E-state index contributed by atoms with van der Waals surface area (Å²) >= 11 is 1.37.